The third-order valence-electron chi connectivity index (χ3n) is 2.58. The van der Waals surface area contributed by atoms with E-state index < -0.39 is 0 Å². The van der Waals surface area contributed by atoms with Crippen molar-refractivity contribution < 1.29 is 4.79 Å². The van der Waals surface area contributed by atoms with Crippen molar-refractivity contribution in [2.45, 2.75) is 0 Å². The van der Waals surface area contributed by atoms with E-state index in [1.807, 2.05) is 11.8 Å². The van der Waals surface area contributed by atoms with E-state index in [0.29, 0.717) is 16.3 Å². The second-order valence-corrected chi connectivity index (χ2v) is 5.78. The van der Waals surface area contributed by atoms with Gasteiger partial charge in [0.15, 0.2) is 0 Å². The molecule has 0 spiro atoms. The van der Waals surface area contributed by atoms with Crippen LogP contribution < -0.4 is 5.73 Å². The highest BCUT2D eigenvalue weighted by atomic mass is 35.5. The van der Waals surface area contributed by atoms with Gasteiger partial charge in [0.1, 0.15) is 0 Å². The van der Waals surface area contributed by atoms with Gasteiger partial charge in [-0.15, -0.1) is 0 Å². The fraction of sp³-hybridized carbons (Fsp3) is 0.364. The third-order valence-corrected chi connectivity index (χ3v) is 4.32. The highest BCUT2D eigenvalue weighted by Crippen LogP contribution is 2.30. The molecule has 0 saturated carbocycles. The maximum absolute atomic E-state index is 12.2. The van der Waals surface area contributed by atoms with E-state index in [2.05, 4.69) is 0 Å². The molecule has 1 aromatic carbocycles. The Labute approximate surface area is 114 Å². The summed E-state index contributed by atoms with van der Waals surface area (Å²) in [6.45, 7) is 1.48. The van der Waals surface area contributed by atoms with Gasteiger partial charge >= 0.3 is 0 Å². The van der Waals surface area contributed by atoms with Gasteiger partial charge in [-0.25, -0.2) is 0 Å². The summed E-state index contributed by atoms with van der Waals surface area (Å²) >= 11 is 13.8. The second kappa shape index (κ2) is 5.38. The lowest BCUT2D eigenvalue weighted by molar-refractivity contribution is 0.0772. The number of hydrogen-bond donors (Lipinski definition) is 1. The maximum atomic E-state index is 12.2. The summed E-state index contributed by atoms with van der Waals surface area (Å²) in [5, 5.41) is 0.602. The number of nitrogens with two attached hydrogens (primary N) is 1. The number of carbonyl (C=O) groups excluding carboxylic acids is 1. The van der Waals surface area contributed by atoms with Crippen molar-refractivity contribution in [1.29, 1.82) is 0 Å². The Morgan fingerprint density at radius 1 is 1.29 bits per heavy atom. The first-order valence-electron chi connectivity index (χ1n) is 5.21. The van der Waals surface area contributed by atoms with E-state index in [-0.39, 0.29) is 10.9 Å². The van der Waals surface area contributed by atoms with E-state index >= 15 is 0 Å². The van der Waals surface area contributed by atoms with Gasteiger partial charge in [-0.3, -0.25) is 4.79 Å². The molecule has 1 aromatic rings. The Bertz CT molecular complexity index is 447. The van der Waals surface area contributed by atoms with Gasteiger partial charge in [-0.1, -0.05) is 23.2 Å². The molecular formula is C11H12Cl2N2OS. The van der Waals surface area contributed by atoms with Crippen molar-refractivity contribution in [3.63, 3.8) is 0 Å². The van der Waals surface area contributed by atoms with Crippen molar-refractivity contribution in [2.75, 3.05) is 30.3 Å². The average Bonchev–Trinajstić information content (AvgIpc) is 2.34. The topological polar surface area (TPSA) is 46.3 Å². The largest absolute Gasteiger partial charge is 0.399 e. The van der Waals surface area contributed by atoms with Crippen molar-refractivity contribution in [3.8, 4) is 0 Å². The van der Waals surface area contributed by atoms with Gasteiger partial charge in [-0.2, -0.15) is 11.8 Å². The summed E-state index contributed by atoms with van der Waals surface area (Å²) in [7, 11) is 0. The highest BCUT2D eigenvalue weighted by molar-refractivity contribution is 7.99. The van der Waals surface area contributed by atoms with Crippen molar-refractivity contribution in [3.05, 3.63) is 27.7 Å². The van der Waals surface area contributed by atoms with Crippen LogP contribution in [0, 0.1) is 0 Å². The first-order chi connectivity index (χ1) is 8.09. The molecular weight excluding hydrogens is 279 g/mol. The van der Waals surface area contributed by atoms with Gasteiger partial charge in [0.25, 0.3) is 5.91 Å². The predicted octanol–water partition coefficient (Wildman–Crippen LogP) is 2.76. The van der Waals surface area contributed by atoms with Crippen LogP contribution in [0.25, 0.3) is 0 Å². The predicted molar refractivity (Wildman–Crippen MR) is 74.1 cm³/mol. The molecule has 1 heterocycles. The monoisotopic (exact) mass is 290 g/mol. The molecule has 0 aromatic heterocycles. The Hall–Kier alpha value is -0.580. The SMILES string of the molecule is Nc1cc(Cl)c(Cl)c(C(=O)N2CCSCC2)c1. The molecule has 1 aliphatic heterocycles. The van der Waals surface area contributed by atoms with Crippen LogP contribution in [0.1, 0.15) is 10.4 Å². The summed E-state index contributed by atoms with van der Waals surface area (Å²) < 4.78 is 0. The smallest absolute Gasteiger partial charge is 0.255 e. The zero-order valence-electron chi connectivity index (χ0n) is 9.08. The zero-order valence-corrected chi connectivity index (χ0v) is 11.4. The number of amides is 1. The molecule has 1 saturated heterocycles. The Morgan fingerprint density at radius 2 is 1.94 bits per heavy atom. The summed E-state index contributed by atoms with van der Waals surface area (Å²) in [6, 6.07) is 3.13. The molecule has 0 atom stereocenters. The minimum Gasteiger partial charge on any atom is -0.399 e. The standard InChI is InChI=1S/C11H12Cl2N2OS/c12-9-6-7(14)5-8(10(9)13)11(16)15-1-3-17-4-2-15/h5-6H,1-4,14H2. The minimum absolute atomic E-state index is 0.0931. The van der Waals surface area contributed by atoms with Crippen LogP contribution in [0.3, 0.4) is 0 Å². The molecule has 1 amide bonds. The van der Waals surface area contributed by atoms with Crippen LogP contribution in [-0.4, -0.2) is 35.4 Å². The Morgan fingerprint density at radius 3 is 2.59 bits per heavy atom. The van der Waals surface area contributed by atoms with Crippen molar-refractivity contribution in [2.24, 2.45) is 0 Å². The van der Waals surface area contributed by atoms with E-state index in [1.54, 1.807) is 17.0 Å². The van der Waals surface area contributed by atoms with Crippen LogP contribution >= 0.6 is 35.0 Å². The summed E-state index contributed by atoms with van der Waals surface area (Å²) in [6.07, 6.45) is 0. The molecule has 0 bridgehead atoms. The zero-order chi connectivity index (χ0) is 12.4. The second-order valence-electron chi connectivity index (χ2n) is 3.77. The quantitative estimate of drug-likeness (QED) is 0.809. The van der Waals surface area contributed by atoms with Crippen molar-refractivity contribution in [1.82, 2.24) is 4.90 Å². The summed E-state index contributed by atoms with van der Waals surface area (Å²) in [5.41, 5.74) is 6.52. The lowest BCUT2D eigenvalue weighted by Crippen LogP contribution is -2.38. The Balaban J connectivity index is 2.29. The van der Waals surface area contributed by atoms with E-state index in [0.717, 1.165) is 24.6 Å². The molecule has 6 heteroatoms. The minimum atomic E-state index is -0.0931. The average molecular weight is 291 g/mol. The highest BCUT2D eigenvalue weighted by Gasteiger charge is 2.22. The number of thioether (sulfide) groups is 1. The molecule has 2 rings (SSSR count). The third kappa shape index (κ3) is 2.81. The van der Waals surface area contributed by atoms with Crippen LogP contribution in [0.2, 0.25) is 10.0 Å². The Kier molecular flexibility index (Phi) is 4.07. The van der Waals surface area contributed by atoms with Gasteiger partial charge in [0.2, 0.25) is 0 Å². The van der Waals surface area contributed by atoms with Crippen LogP contribution in [-0.2, 0) is 0 Å². The number of rotatable bonds is 1. The molecule has 3 nitrogen and oxygen atoms in total. The van der Waals surface area contributed by atoms with Gasteiger partial charge in [0, 0.05) is 30.3 Å². The molecule has 92 valence electrons. The first kappa shape index (κ1) is 12.9. The fourth-order valence-electron chi connectivity index (χ4n) is 1.70. The first-order valence-corrected chi connectivity index (χ1v) is 7.12. The van der Waals surface area contributed by atoms with Crippen molar-refractivity contribution >= 4 is 46.6 Å². The van der Waals surface area contributed by atoms with Crippen LogP contribution in [0.5, 0.6) is 0 Å². The number of nitrogen functional groups attached to an aromatic ring is 1. The normalized spacial score (nSPS) is 16.0. The van der Waals surface area contributed by atoms with Gasteiger partial charge in [-0.05, 0) is 12.1 Å². The molecule has 1 fully saturated rings. The summed E-state index contributed by atoms with van der Waals surface area (Å²) in [4.78, 5) is 14.0. The van der Waals surface area contributed by atoms with E-state index in [4.69, 9.17) is 28.9 Å². The molecule has 0 unspecified atom stereocenters. The van der Waals surface area contributed by atoms with E-state index in [1.165, 1.54) is 0 Å². The van der Waals surface area contributed by atoms with Crippen LogP contribution in [0.15, 0.2) is 12.1 Å². The van der Waals surface area contributed by atoms with Gasteiger partial charge in [0.05, 0.1) is 15.6 Å². The van der Waals surface area contributed by atoms with Gasteiger partial charge < -0.3 is 10.6 Å². The molecule has 17 heavy (non-hydrogen) atoms. The summed E-state index contributed by atoms with van der Waals surface area (Å²) in [5.74, 6) is 1.82. The molecule has 2 N–H and O–H groups in total. The molecule has 0 aliphatic carbocycles. The molecule has 1 aliphatic rings. The maximum Gasteiger partial charge on any atom is 0.255 e. The van der Waals surface area contributed by atoms with E-state index in [9.17, 15) is 4.79 Å². The fourth-order valence-corrected chi connectivity index (χ4v) is 3.02. The number of nitrogens with zero attached hydrogens (tertiary/aromatic N) is 1. The number of benzene rings is 1. The number of anilines is 1. The molecule has 0 radical (unpaired) electrons. The number of halogens is 2. The lowest BCUT2D eigenvalue weighted by Gasteiger charge is -2.27. The number of hydrogen-bond acceptors (Lipinski definition) is 3. The number of carbonyl (C=O) groups is 1. The van der Waals surface area contributed by atoms with Crippen LogP contribution in [0.4, 0.5) is 5.69 Å². The lowest BCUT2D eigenvalue weighted by atomic mass is 10.1.